The molecule has 13 heavy (non-hydrogen) atoms. The zero-order valence-electron chi connectivity index (χ0n) is 9.60. The van der Waals surface area contributed by atoms with E-state index in [2.05, 4.69) is 26.1 Å². The van der Waals surface area contributed by atoms with Gasteiger partial charge in [-0.25, -0.2) is 0 Å². The van der Waals surface area contributed by atoms with Gasteiger partial charge in [-0.15, -0.1) is 0 Å². The molecule has 0 aliphatic carbocycles. The maximum absolute atomic E-state index is 5.09. The van der Waals surface area contributed by atoms with E-state index in [0.29, 0.717) is 0 Å². The average molecular weight is 187 g/mol. The molecule has 2 unspecified atom stereocenters. The molecule has 0 saturated carbocycles. The van der Waals surface area contributed by atoms with Crippen molar-refractivity contribution in [2.75, 3.05) is 26.8 Å². The standard InChI is InChI=1S/C11H25NO/c1-5-11(9-12-6-2)10(3)7-8-13-4/h10-12H,5-9H2,1-4H3. The summed E-state index contributed by atoms with van der Waals surface area (Å²) in [6.45, 7) is 9.87. The molecule has 80 valence electrons. The Morgan fingerprint density at radius 1 is 1.31 bits per heavy atom. The van der Waals surface area contributed by atoms with Gasteiger partial charge in [-0.3, -0.25) is 0 Å². The zero-order chi connectivity index (χ0) is 10.1. The second-order valence-corrected chi connectivity index (χ2v) is 3.73. The lowest BCUT2D eigenvalue weighted by atomic mass is 9.89. The molecule has 2 heteroatoms. The Bertz CT molecular complexity index is 106. The first-order valence-corrected chi connectivity index (χ1v) is 5.45. The highest BCUT2D eigenvalue weighted by atomic mass is 16.5. The number of hydrogen-bond donors (Lipinski definition) is 1. The first kappa shape index (κ1) is 12.9. The Hall–Kier alpha value is -0.0800. The summed E-state index contributed by atoms with van der Waals surface area (Å²) in [6, 6.07) is 0. The Morgan fingerprint density at radius 2 is 2.00 bits per heavy atom. The van der Waals surface area contributed by atoms with Gasteiger partial charge in [0.15, 0.2) is 0 Å². The van der Waals surface area contributed by atoms with Crippen LogP contribution in [0.4, 0.5) is 0 Å². The Kier molecular flexibility index (Phi) is 8.46. The Balaban J connectivity index is 3.63. The van der Waals surface area contributed by atoms with Gasteiger partial charge in [-0.1, -0.05) is 27.2 Å². The molecule has 0 radical (unpaired) electrons. The number of rotatable bonds is 8. The minimum atomic E-state index is 0.768. The van der Waals surface area contributed by atoms with Gasteiger partial charge in [-0.05, 0) is 31.3 Å². The van der Waals surface area contributed by atoms with Crippen LogP contribution in [0.25, 0.3) is 0 Å². The van der Waals surface area contributed by atoms with Crippen molar-refractivity contribution in [2.45, 2.75) is 33.6 Å². The zero-order valence-corrected chi connectivity index (χ0v) is 9.60. The predicted molar refractivity (Wildman–Crippen MR) is 58.0 cm³/mol. The largest absolute Gasteiger partial charge is 0.385 e. The topological polar surface area (TPSA) is 21.3 Å². The third-order valence-electron chi connectivity index (χ3n) is 2.76. The molecule has 0 aromatic carbocycles. The number of nitrogens with one attached hydrogen (secondary N) is 1. The maximum atomic E-state index is 5.09. The number of ether oxygens (including phenoxy) is 1. The fourth-order valence-corrected chi connectivity index (χ4v) is 1.62. The molecule has 0 aromatic heterocycles. The van der Waals surface area contributed by atoms with E-state index < -0.39 is 0 Å². The van der Waals surface area contributed by atoms with Crippen LogP contribution in [-0.2, 0) is 4.74 Å². The summed E-state index contributed by atoms with van der Waals surface area (Å²) in [5.41, 5.74) is 0. The quantitative estimate of drug-likeness (QED) is 0.629. The highest BCUT2D eigenvalue weighted by Gasteiger charge is 2.14. The molecule has 2 atom stereocenters. The highest BCUT2D eigenvalue weighted by molar-refractivity contribution is 4.67. The van der Waals surface area contributed by atoms with E-state index >= 15 is 0 Å². The first-order chi connectivity index (χ1) is 6.26. The summed E-state index contributed by atoms with van der Waals surface area (Å²) in [4.78, 5) is 0. The van der Waals surface area contributed by atoms with Crippen LogP contribution in [-0.4, -0.2) is 26.8 Å². The molecular formula is C11H25NO. The fourth-order valence-electron chi connectivity index (χ4n) is 1.62. The van der Waals surface area contributed by atoms with Crippen LogP contribution < -0.4 is 5.32 Å². The molecule has 0 aliphatic heterocycles. The van der Waals surface area contributed by atoms with E-state index in [-0.39, 0.29) is 0 Å². The molecule has 0 heterocycles. The molecule has 0 bridgehead atoms. The van der Waals surface area contributed by atoms with E-state index in [0.717, 1.165) is 31.5 Å². The maximum Gasteiger partial charge on any atom is 0.0464 e. The van der Waals surface area contributed by atoms with Gasteiger partial charge >= 0.3 is 0 Å². The first-order valence-electron chi connectivity index (χ1n) is 5.45. The van der Waals surface area contributed by atoms with E-state index in [1.807, 2.05) is 0 Å². The van der Waals surface area contributed by atoms with E-state index in [1.165, 1.54) is 12.8 Å². The van der Waals surface area contributed by atoms with Crippen LogP contribution in [0, 0.1) is 11.8 Å². The molecular weight excluding hydrogens is 162 g/mol. The number of methoxy groups -OCH3 is 1. The normalized spacial score (nSPS) is 15.7. The van der Waals surface area contributed by atoms with Crippen molar-refractivity contribution < 1.29 is 4.74 Å². The van der Waals surface area contributed by atoms with Crippen molar-refractivity contribution >= 4 is 0 Å². The van der Waals surface area contributed by atoms with Crippen LogP contribution in [0.2, 0.25) is 0 Å². The van der Waals surface area contributed by atoms with Crippen molar-refractivity contribution in [3.05, 3.63) is 0 Å². The van der Waals surface area contributed by atoms with Crippen molar-refractivity contribution in [2.24, 2.45) is 11.8 Å². The highest BCUT2D eigenvalue weighted by Crippen LogP contribution is 2.17. The summed E-state index contributed by atoms with van der Waals surface area (Å²) in [5, 5.41) is 3.42. The summed E-state index contributed by atoms with van der Waals surface area (Å²) < 4.78 is 5.09. The molecule has 2 nitrogen and oxygen atoms in total. The van der Waals surface area contributed by atoms with Gasteiger partial charge in [0, 0.05) is 13.7 Å². The molecule has 0 spiro atoms. The van der Waals surface area contributed by atoms with E-state index in [4.69, 9.17) is 4.74 Å². The van der Waals surface area contributed by atoms with Crippen LogP contribution in [0.3, 0.4) is 0 Å². The third-order valence-corrected chi connectivity index (χ3v) is 2.76. The smallest absolute Gasteiger partial charge is 0.0464 e. The summed E-state index contributed by atoms with van der Waals surface area (Å²) in [5.74, 6) is 1.57. The van der Waals surface area contributed by atoms with E-state index in [1.54, 1.807) is 7.11 Å². The SMILES string of the molecule is CCNCC(CC)C(C)CCOC. The summed E-state index contributed by atoms with van der Waals surface area (Å²) >= 11 is 0. The van der Waals surface area contributed by atoms with Gasteiger partial charge in [0.05, 0.1) is 0 Å². The lowest BCUT2D eigenvalue weighted by Crippen LogP contribution is -2.27. The van der Waals surface area contributed by atoms with Crippen molar-refractivity contribution in [1.29, 1.82) is 0 Å². The van der Waals surface area contributed by atoms with Gasteiger partial charge in [0.2, 0.25) is 0 Å². The van der Waals surface area contributed by atoms with Gasteiger partial charge in [0.25, 0.3) is 0 Å². The minimum Gasteiger partial charge on any atom is -0.385 e. The molecule has 0 rings (SSSR count). The second-order valence-electron chi connectivity index (χ2n) is 3.73. The van der Waals surface area contributed by atoms with Crippen LogP contribution >= 0.6 is 0 Å². The van der Waals surface area contributed by atoms with Crippen LogP contribution in [0.15, 0.2) is 0 Å². The molecule has 0 saturated heterocycles. The summed E-state index contributed by atoms with van der Waals surface area (Å²) in [7, 11) is 1.78. The van der Waals surface area contributed by atoms with Gasteiger partial charge in [-0.2, -0.15) is 0 Å². The monoisotopic (exact) mass is 187 g/mol. The lowest BCUT2D eigenvalue weighted by molar-refractivity contribution is 0.163. The van der Waals surface area contributed by atoms with Gasteiger partial charge < -0.3 is 10.1 Å². The van der Waals surface area contributed by atoms with Crippen molar-refractivity contribution in [3.8, 4) is 0 Å². The minimum absolute atomic E-state index is 0.768. The van der Waals surface area contributed by atoms with Gasteiger partial charge in [0.1, 0.15) is 0 Å². The molecule has 0 aromatic rings. The van der Waals surface area contributed by atoms with Crippen molar-refractivity contribution in [1.82, 2.24) is 5.32 Å². The number of hydrogen-bond acceptors (Lipinski definition) is 2. The second kappa shape index (κ2) is 8.52. The third kappa shape index (κ3) is 6.05. The van der Waals surface area contributed by atoms with Crippen LogP contribution in [0.5, 0.6) is 0 Å². The summed E-state index contributed by atoms with van der Waals surface area (Å²) in [6.07, 6.45) is 2.44. The molecule has 1 N–H and O–H groups in total. The lowest BCUT2D eigenvalue weighted by Gasteiger charge is -2.22. The Labute approximate surface area is 83.1 Å². The fraction of sp³-hybridized carbons (Fsp3) is 1.00. The molecule has 0 aliphatic rings. The van der Waals surface area contributed by atoms with Crippen molar-refractivity contribution in [3.63, 3.8) is 0 Å². The Morgan fingerprint density at radius 3 is 2.46 bits per heavy atom. The molecule has 0 fully saturated rings. The molecule has 0 amide bonds. The van der Waals surface area contributed by atoms with Crippen LogP contribution in [0.1, 0.15) is 33.6 Å². The average Bonchev–Trinajstić information content (AvgIpc) is 2.16. The van der Waals surface area contributed by atoms with E-state index in [9.17, 15) is 0 Å². The predicted octanol–water partition coefficient (Wildman–Crippen LogP) is 2.29.